The number of likely N-dealkylation sites (N-methyl/N-ethyl adjacent to an activating group) is 1. The molecule has 2 N–H and O–H groups in total. The highest BCUT2D eigenvalue weighted by molar-refractivity contribution is 5.82. The number of hydrogen-bond acceptors (Lipinski definition) is 3. The molecule has 1 fully saturated rings. The van der Waals surface area contributed by atoms with E-state index in [4.69, 9.17) is 9.84 Å². The predicted molar refractivity (Wildman–Crippen MR) is 66.4 cm³/mol. The van der Waals surface area contributed by atoms with Gasteiger partial charge < -0.3 is 20.1 Å². The van der Waals surface area contributed by atoms with Crippen molar-refractivity contribution in [3.8, 4) is 0 Å². The van der Waals surface area contributed by atoms with Crippen LogP contribution in [0.15, 0.2) is 0 Å². The van der Waals surface area contributed by atoms with Crippen LogP contribution in [0, 0.1) is 5.92 Å². The summed E-state index contributed by atoms with van der Waals surface area (Å²) in [6.07, 6.45) is 3.29. The number of carbonyl (C=O) groups excluding carboxylic acids is 1. The van der Waals surface area contributed by atoms with Crippen molar-refractivity contribution in [2.45, 2.75) is 32.2 Å². The molecule has 6 nitrogen and oxygen atoms in total. The van der Waals surface area contributed by atoms with Crippen molar-refractivity contribution < 1.29 is 19.4 Å². The fourth-order valence-electron chi connectivity index (χ4n) is 1.37. The number of nitrogens with zero attached hydrogens (tertiary/aromatic N) is 1. The van der Waals surface area contributed by atoms with Crippen LogP contribution in [0.2, 0.25) is 0 Å². The first-order valence-electron chi connectivity index (χ1n) is 6.33. The van der Waals surface area contributed by atoms with Crippen LogP contribution >= 0.6 is 0 Å². The van der Waals surface area contributed by atoms with Crippen molar-refractivity contribution >= 4 is 12.0 Å². The molecule has 0 spiro atoms. The van der Waals surface area contributed by atoms with Crippen molar-refractivity contribution in [1.29, 1.82) is 0 Å². The molecule has 1 aliphatic rings. The molecule has 2 amide bonds. The first-order chi connectivity index (χ1) is 8.52. The van der Waals surface area contributed by atoms with Crippen molar-refractivity contribution in [2.75, 3.05) is 26.8 Å². The van der Waals surface area contributed by atoms with Crippen LogP contribution in [0.1, 0.15) is 26.2 Å². The molecule has 0 aromatic carbocycles. The Labute approximate surface area is 107 Å². The third-order valence-corrected chi connectivity index (χ3v) is 3.05. The first-order valence-corrected chi connectivity index (χ1v) is 6.33. The fraction of sp³-hybridized carbons (Fsp3) is 0.833. The lowest BCUT2D eigenvalue weighted by Gasteiger charge is -2.21. The lowest BCUT2D eigenvalue weighted by atomic mass is 10.3. The van der Waals surface area contributed by atoms with Gasteiger partial charge in [-0.25, -0.2) is 9.59 Å². The molecule has 0 aromatic heterocycles. The number of urea groups is 1. The maximum atomic E-state index is 11.6. The number of carboxylic acid groups (broad SMARTS) is 1. The average Bonchev–Trinajstić information content (AvgIpc) is 3.15. The van der Waals surface area contributed by atoms with Crippen LogP contribution in [0.5, 0.6) is 0 Å². The van der Waals surface area contributed by atoms with E-state index in [2.05, 4.69) is 5.32 Å². The van der Waals surface area contributed by atoms with Gasteiger partial charge >= 0.3 is 12.0 Å². The number of rotatable bonds is 8. The number of hydrogen-bond donors (Lipinski definition) is 2. The van der Waals surface area contributed by atoms with Crippen LogP contribution in [-0.2, 0) is 9.53 Å². The summed E-state index contributed by atoms with van der Waals surface area (Å²) in [7, 11) is 1.47. The summed E-state index contributed by atoms with van der Waals surface area (Å²) in [4.78, 5) is 23.4. The van der Waals surface area contributed by atoms with E-state index >= 15 is 0 Å². The van der Waals surface area contributed by atoms with Crippen molar-refractivity contribution in [3.63, 3.8) is 0 Å². The number of carboxylic acids is 1. The third-order valence-electron chi connectivity index (χ3n) is 3.05. The predicted octanol–water partition coefficient (Wildman–Crippen LogP) is 0.918. The average molecular weight is 258 g/mol. The Bertz CT molecular complexity index is 292. The molecule has 104 valence electrons. The van der Waals surface area contributed by atoms with Gasteiger partial charge in [0.15, 0.2) is 0 Å². The minimum absolute atomic E-state index is 0.368. The molecule has 6 heteroatoms. The van der Waals surface area contributed by atoms with E-state index in [1.807, 2.05) is 0 Å². The number of amides is 2. The van der Waals surface area contributed by atoms with Crippen molar-refractivity contribution in [1.82, 2.24) is 10.2 Å². The molecule has 1 saturated carbocycles. The van der Waals surface area contributed by atoms with Crippen LogP contribution in [0.3, 0.4) is 0 Å². The van der Waals surface area contributed by atoms with E-state index in [9.17, 15) is 9.59 Å². The van der Waals surface area contributed by atoms with Crippen LogP contribution in [-0.4, -0.2) is 54.9 Å². The highest BCUT2D eigenvalue weighted by atomic mass is 16.5. The van der Waals surface area contributed by atoms with Crippen LogP contribution in [0.4, 0.5) is 4.79 Å². The standard InChI is InChI=1S/C12H22N2O4/c1-9(11(15)16)14(2)12(17)13-6-3-7-18-8-10-4-5-10/h9-10H,3-8H2,1-2H3,(H,13,17)(H,15,16). The lowest BCUT2D eigenvalue weighted by Crippen LogP contribution is -2.46. The molecule has 0 heterocycles. The number of ether oxygens (including phenoxy) is 1. The summed E-state index contributed by atoms with van der Waals surface area (Å²) in [5.74, 6) is -0.262. The van der Waals surface area contributed by atoms with Gasteiger partial charge in [0.2, 0.25) is 0 Å². The molecular weight excluding hydrogens is 236 g/mol. The van der Waals surface area contributed by atoms with Gasteiger partial charge in [-0.05, 0) is 32.1 Å². The second kappa shape index (κ2) is 7.20. The number of nitrogens with one attached hydrogen (secondary N) is 1. The highest BCUT2D eigenvalue weighted by Gasteiger charge is 2.22. The Kier molecular flexibility index (Phi) is 5.91. The van der Waals surface area contributed by atoms with Gasteiger partial charge in [-0.2, -0.15) is 0 Å². The Morgan fingerprint density at radius 1 is 1.50 bits per heavy atom. The molecule has 0 bridgehead atoms. The van der Waals surface area contributed by atoms with E-state index in [1.54, 1.807) is 0 Å². The van der Waals surface area contributed by atoms with Gasteiger partial charge in [0.25, 0.3) is 0 Å². The molecule has 0 saturated heterocycles. The third kappa shape index (κ3) is 5.35. The summed E-state index contributed by atoms with van der Waals surface area (Å²) in [5.41, 5.74) is 0. The number of carbonyl (C=O) groups is 2. The zero-order valence-electron chi connectivity index (χ0n) is 11.0. The van der Waals surface area contributed by atoms with E-state index < -0.39 is 12.0 Å². The smallest absolute Gasteiger partial charge is 0.326 e. The molecule has 0 radical (unpaired) electrons. The topological polar surface area (TPSA) is 78.9 Å². The lowest BCUT2D eigenvalue weighted by molar-refractivity contribution is -0.141. The van der Waals surface area contributed by atoms with E-state index in [0.717, 1.165) is 18.9 Å². The van der Waals surface area contributed by atoms with Crippen molar-refractivity contribution in [2.24, 2.45) is 5.92 Å². The summed E-state index contributed by atoms with van der Waals surface area (Å²) in [5, 5.41) is 11.4. The zero-order chi connectivity index (χ0) is 13.5. The van der Waals surface area contributed by atoms with Gasteiger partial charge in [-0.15, -0.1) is 0 Å². The van der Waals surface area contributed by atoms with E-state index in [1.165, 1.54) is 31.7 Å². The quantitative estimate of drug-likeness (QED) is 0.634. The van der Waals surface area contributed by atoms with Gasteiger partial charge in [-0.3, -0.25) is 0 Å². The number of aliphatic carboxylic acids is 1. The van der Waals surface area contributed by atoms with Crippen molar-refractivity contribution in [3.05, 3.63) is 0 Å². The maximum absolute atomic E-state index is 11.6. The summed E-state index contributed by atoms with van der Waals surface area (Å²) in [6, 6.07) is -1.19. The Morgan fingerprint density at radius 3 is 2.72 bits per heavy atom. The normalized spacial score (nSPS) is 16.1. The Balaban J connectivity index is 2.02. The molecule has 0 aliphatic heterocycles. The molecule has 18 heavy (non-hydrogen) atoms. The summed E-state index contributed by atoms with van der Waals surface area (Å²) < 4.78 is 5.43. The SMILES string of the molecule is CC(C(=O)O)N(C)C(=O)NCCCOCC1CC1. The second-order valence-electron chi connectivity index (χ2n) is 4.73. The first kappa shape index (κ1) is 14.8. The largest absolute Gasteiger partial charge is 0.480 e. The fourth-order valence-corrected chi connectivity index (χ4v) is 1.37. The molecule has 1 atom stereocenters. The van der Waals surface area contributed by atoms with Crippen LogP contribution < -0.4 is 5.32 Å². The van der Waals surface area contributed by atoms with Gasteiger partial charge in [0.05, 0.1) is 0 Å². The van der Waals surface area contributed by atoms with Gasteiger partial charge in [0.1, 0.15) is 6.04 Å². The van der Waals surface area contributed by atoms with Crippen LogP contribution in [0.25, 0.3) is 0 Å². The summed E-state index contributed by atoms with van der Waals surface area (Å²) >= 11 is 0. The molecule has 0 aromatic rings. The monoisotopic (exact) mass is 258 g/mol. The molecule has 1 aliphatic carbocycles. The minimum atomic E-state index is -1.01. The van der Waals surface area contributed by atoms with E-state index in [0.29, 0.717) is 13.2 Å². The van der Waals surface area contributed by atoms with Gasteiger partial charge in [-0.1, -0.05) is 0 Å². The minimum Gasteiger partial charge on any atom is -0.480 e. The van der Waals surface area contributed by atoms with E-state index in [-0.39, 0.29) is 6.03 Å². The molecule has 1 unspecified atom stereocenters. The van der Waals surface area contributed by atoms with Gasteiger partial charge in [0, 0.05) is 26.8 Å². The Hall–Kier alpha value is -1.30. The molecule has 1 rings (SSSR count). The summed E-state index contributed by atoms with van der Waals surface area (Å²) in [6.45, 7) is 3.43. The Morgan fingerprint density at radius 2 is 2.17 bits per heavy atom. The highest BCUT2D eigenvalue weighted by Crippen LogP contribution is 2.28. The molecular formula is C12H22N2O4. The second-order valence-corrected chi connectivity index (χ2v) is 4.73. The maximum Gasteiger partial charge on any atom is 0.326 e. The zero-order valence-corrected chi connectivity index (χ0v) is 11.0.